The van der Waals surface area contributed by atoms with E-state index in [2.05, 4.69) is 258 Å². The van der Waals surface area contributed by atoms with Crippen LogP contribution >= 0.6 is 11.3 Å². The van der Waals surface area contributed by atoms with Crippen molar-refractivity contribution in [2.75, 3.05) is 14.7 Å². The standard InChI is InChI=1S/C80H86BN3S/c1-48-37-55-60(78(12,13)47-77(55,10)11)44-65(48)83-67-46-59-57(74(4,5)34-36-76(59,8)9)43-63(67)81-62-42-56-58(75(6,7)35-33-73(56,2)3)45-66(62)82(51-28-30-71-54(39-51)53-25-19-20-26-70(53)85-71)68-40-52(41-69(83)72(68)81)84-64-29-27-50(49-23-17-16-18-24-49)38-61(64)79(14)31-21-22-32-80(79,84)15/h16-20,23-30,37-46H,21-22,31-36,47H2,1-15H3. The van der Waals surface area contributed by atoms with Crippen molar-refractivity contribution in [3.63, 3.8) is 0 Å². The van der Waals surface area contributed by atoms with Gasteiger partial charge in [-0.25, -0.2) is 0 Å². The lowest BCUT2D eigenvalue weighted by Crippen LogP contribution is -2.62. The highest BCUT2D eigenvalue weighted by Gasteiger charge is 2.59. The summed E-state index contributed by atoms with van der Waals surface area (Å²) in [4.78, 5) is 8.51. The fraction of sp³-hybridized carbons (Fsp3) is 0.400. The number of thiophene rings is 1. The average Bonchev–Trinajstić information content (AvgIpc) is 1.59. The molecule has 2 atom stereocenters. The molecule has 0 amide bonds. The molecule has 5 heteroatoms. The van der Waals surface area contributed by atoms with Crippen LogP contribution in [-0.4, -0.2) is 12.3 Å². The van der Waals surface area contributed by atoms with Gasteiger partial charge < -0.3 is 14.7 Å². The number of aryl methyl sites for hydroxylation is 1. The van der Waals surface area contributed by atoms with Gasteiger partial charge in [-0.2, -0.15) is 0 Å². The maximum atomic E-state index is 2.89. The largest absolute Gasteiger partial charge is 0.334 e. The van der Waals surface area contributed by atoms with Gasteiger partial charge in [0.1, 0.15) is 0 Å². The molecule has 16 rings (SSSR count). The maximum Gasteiger partial charge on any atom is 0.252 e. The normalized spacial score (nSPS) is 23.6. The van der Waals surface area contributed by atoms with Crippen LogP contribution in [0.5, 0.6) is 0 Å². The fourth-order valence-electron chi connectivity index (χ4n) is 18.9. The van der Waals surface area contributed by atoms with Crippen molar-refractivity contribution >= 4 is 100 Å². The molecule has 3 aliphatic heterocycles. The van der Waals surface area contributed by atoms with Crippen LogP contribution in [0.15, 0.2) is 140 Å². The predicted molar refractivity (Wildman–Crippen MR) is 368 cm³/mol. The molecular formula is C80H86BN3S. The third-order valence-corrected chi connectivity index (χ3v) is 25.2. The minimum atomic E-state index is -0.185. The molecule has 0 N–H and O–H groups in total. The van der Waals surface area contributed by atoms with Crippen molar-refractivity contribution in [1.82, 2.24) is 0 Å². The molecule has 4 heterocycles. The van der Waals surface area contributed by atoms with Crippen LogP contribution in [0.1, 0.15) is 199 Å². The first-order valence-corrected chi connectivity index (χ1v) is 33.3. The van der Waals surface area contributed by atoms with E-state index in [1.54, 1.807) is 0 Å². The van der Waals surface area contributed by atoms with Crippen LogP contribution in [0.25, 0.3) is 31.3 Å². The Balaban J connectivity index is 1.07. The molecule has 1 saturated carbocycles. The van der Waals surface area contributed by atoms with Crippen molar-refractivity contribution in [2.24, 2.45) is 0 Å². The van der Waals surface area contributed by atoms with Crippen LogP contribution in [0.2, 0.25) is 0 Å². The number of hydrogen-bond acceptors (Lipinski definition) is 4. The van der Waals surface area contributed by atoms with Gasteiger partial charge in [-0.05, 0) is 230 Å². The van der Waals surface area contributed by atoms with Gasteiger partial charge in [-0.3, -0.25) is 0 Å². The average molecular weight is 1130 g/mol. The lowest BCUT2D eigenvalue weighted by Gasteiger charge is -2.52. The maximum absolute atomic E-state index is 2.89. The molecule has 0 bridgehead atoms. The number of anilines is 8. The molecule has 3 nitrogen and oxygen atoms in total. The smallest absolute Gasteiger partial charge is 0.252 e. The number of rotatable bonds is 4. The molecule has 2 unspecified atom stereocenters. The minimum Gasteiger partial charge on any atom is -0.334 e. The lowest BCUT2D eigenvalue weighted by molar-refractivity contribution is 0.195. The van der Waals surface area contributed by atoms with Crippen LogP contribution in [0, 0.1) is 6.92 Å². The summed E-state index contributed by atoms with van der Waals surface area (Å²) in [6, 6.07) is 56.9. The zero-order valence-corrected chi connectivity index (χ0v) is 54.3. The van der Waals surface area contributed by atoms with Crippen molar-refractivity contribution in [1.29, 1.82) is 0 Å². The summed E-state index contributed by atoms with van der Waals surface area (Å²) in [5, 5.41) is 2.67. The molecule has 1 aromatic heterocycles. The number of fused-ring (bicyclic) bond motifs is 13. The van der Waals surface area contributed by atoms with E-state index in [9.17, 15) is 0 Å². The third kappa shape index (κ3) is 7.38. The van der Waals surface area contributed by atoms with Crippen molar-refractivity contribution in [2.45, 2.75) is 205 Å². The van der Waals surface area contributed by atoms with Gasteiger partial charge in [0.2, 0.25) is 0 Å². The molecule has 8 aromatic carbocycles. The highest BCUT2D eigenvalue weighted by molar-refractivity contribution is 7.25. The van der Waals surface area contributed by atoms with Gasteiger partial charge in [0, 0.05) is 71.1 Å². The summed E-state index contributed by atoms with van der Waals surface area (Å²) in [6.07, 6.45) is 10.5. The summed E-state index contributed by atoms with van der Waals surface area (Å²) in [5.74, 6) is 0. The number of hydrogen-bond donors (Lipinski definition) is 0. The number of nitrogens with zero attached hydrogens (tertiary/aromatic N) is 3. The van der Waals surface area contributed by atoms with Crippen LogP contribution < -0.4 is 31.1 Å². The van der Waals surface area contributed by atoms with E-state index in [4.69, 9.17) is 0 Å². The van der Waals surface area contributed by atoms with E-state index in [0.717, 1.165) is 32.1 Å². The first-order chi connectivity index (χ1) is 40.2. The molecule has 0 saturated heterocycles. The van der Waals surface area contributed by atoms with Gasteiger partial charge in [0.25, 0.3) is 6.71 Å². The zero-order chi connectivity index (χ0) is 59.1. The lowest BCUT2D eigenvalue weighted by atomic mass is 9.32. The van der Waals surface area contributed by atoms with E-state index in [-0.39, 0.29) is 50.2 Å². The molecule has 1 fully saturated rings. The molecule has 0 radical (unpaired) electrons. The second-order valence-corrected chi connectivity index (χ2v) is 33.2. The number of benzene rings is 8. The summed E-state index contributed by atoms with van der Waals surface area (Å²) in [5.41, 5.74) is 29.2. The Morgan fingerprint density at radius 2 is 0.906 bits per heavy atom. The molecular weight excluding hydrogens is 1050 g/mol. The molecule has 85 heavy (non-hydrogen) atoms. The van der Waals surface area contributed by atoms with E-state index in [1.807, 2.05) is 11.3 Å². The summed E-state index contributed by atoms with van der Waals surface area (Å²) in [6.45, 7) is 37.9. The molecule has 0 spiro atoms. The Morgan fingerprint density at radius 1 is 0.376 bits per heavy atom. The highest BCUT2D eigenvalue weighted by Crippen LogP contribution is 2.63. The van der Waals surface area contributed by atoms with Crippen LogP contribution in [0.4, 0.5) is 45.5 Å². The van der Waals surface area contributed by atoms with Crippen molar-refractivity contribution in [3.8, 4) is 11.1 Å². The monoisotopic (exact) mass is 1130 g/mol. The second-order valence-electron chi connectivity index (χ2n) is 32.1. The van der Waals surface area contributed by atoms with Crippen molar-refractivity contribution in [3.05, 3.63) is 184 Å². The van der Waals surface area contributed by atoms with Gasteiger partial charge >= 0.3 is 0 Å². The van der Waals surface area contributed by atoms with E-state index in [0.29, 0.717) is 0 Å². The Hall–Kier alpha value is -6.56. The zero-order valence-electron chi connectivity index (χ0n) is 53.5. The van der Waals surface area contributed by atoms with E-state index >= 15 is 0 Å². The SMILES string of the molecule is Cc1cc2c(cc1N1c3cc4c(cc3B3c5cc6c(cc5N(c5ccc7sc8ccccc8c7c5)c5cc(N7c8ccc(-c9ccccc9)cc8C8(C)CCCCC78C)cc1c53)C(C)(C)CCC6(C)C)C(C)(C)CCC4(C)C)C(C)(C)CC2(C)C. The Kier molecular flexibility index (Phi) is 11.0. The topological polar surface area (TPSA) is 9.72 Å². The Labute approximate surface area is 512 Å². The first kappa shape index (κ1) is 53.9. The Bertz CT molecular complexity index is 4380. The van der Waals surface area contributed by atoms with Gasteiger partial charge in [0.05, 0.1) is 5.54 Å². The predicted octanol–water partition coefficient (Wildman–Crippen LogP) is 20.5. The Morgan fingerprint density at radius 3 is 1.55 bits per heavy atom. The molecule has 430 valence electrons. The molecule has 4 aliphatic carbocycles. The summed E-state index contributed by atoms with van der Waals surface area (Å²) >= 11 is 1.92. The molecule has 9 aromatic rings. The van der Waals surface area contributed by atoms with Crippen LogP contribution in [0.3, 0.4) is 0 Å². The molecule has 7 aliphatic rings. The van der Waals surface area contributed by atoms with E-state index in [1.165, 1.54) is 163 Å². The van der Waals surface area contributed by atoms with Gasteiger partial charge in [0.15, 0.2) is 0 Å². The van der Waals surface area contributed by atoms with Gasteiger partial charge in [-0.15, -0.1) is 11.3 Å². The third-order valence-electron chi connectivity index (χ3n) is 24.0. The second kappa shape index (κ2) is 17.4. The quantitative estimate of drug-likeness (QED) is 0.163. The van der Waals surface area contributed by atoms with Gasteiger partial charge in [-0.1, -0.05) is 176 Å². The van der Waals surface area contributed by atoms with Crippen molar-refractivity contribution < 1.29 is 0 Å². The first-order valence-electron chi connectivity index (χ1n) is 32.4. The fourth-order valence-corrected chi connectivity index (χ4v) is 20.0. The summed E-state index contributed by atoms with van der Waals surface area (Å²) < 4.78 is 2.68. The highest BCUT2D eigenvalue weighted by atomic mass is 32.1. The minimum absolute atomic E-state index is 0.00758. The summed E-state index contributed by atoms with van der Waals surface area (Å²) in [7, 11) is 0. The van der Waals surface area contributed by atoms with E-state index < -0.39 is 0 Å². The van der Waals surface area contributed by atoms with Crippen LogP contribution in [-0.2, 0) is 37.9 Å².